The lowest BCUT2D eigenvalue weighted by Gasteiger charge is -1.96. The van der Waals surface area contributed by atoms with E-state index in [9.17, 15) is 0 Å². The van der Waals surface area contributed by atoms with Crippen LogP contribution in [0.1, 0.15) is 16.9 Å². The molecule has 3 aromatic heterocycles. The minimum atomic E-state index is 0.387. The molecule has 4 rings (SSSR count). The smallest absolute Gasteiger partial charge is 0.261 e. The second-order valence-corrected chi connectivity index (χ2v) is 5.73. The van der Waals surface area contributed by atoms with E-state index in [1.807, 2.05) is 0 Å². The summed E-state index contributed by atoms with van der Waals surface area (Å²) in [5.74, 6) is 1.30. The average Bonchev–Trinajstić information content (AvgIpc) is 3.15. The fourth-order valence-corrected chi connectivity index (χ4v) is 3.64. The van der Waals surface area contributed by atoms with E-state index in [1.54, 1.807) is 29.8 Å². The minimum Gasteiger partial charge on any atom is -0.390 e. The molecule has 0 saturated heterocycles. The van der Waals surface area contributed by atoms with Crippen molar-refractivity contribution in [1.82, 2.24) is 20.1 Å². The first kappa shape index (κ1) is 11.5. The highest BCUT2D eigenvalue weighted by atomic mass is 32.1. The largest absolute Gasteiger partial charge is 0.390 e. The van der Waals surface area contributed by atoms with E-state index in [0.29, 0.717) is 17.5 Å². The molecule has 0 unspecified atom stereocenters. The SMILES string of the molecule is Nc1sc2c(c1-c1nc(-c3ncccn3)no1)CCC2. The molecule has 0 aliphatic heterocycles. The lowest BCUT2D eigenvalue weighted by Crippen LogP contribution is -1.90. The maximum atomic E-state index is 6.09. The third-order valence-corrected chi connectivity index (χ3v) is 4.48. The Bertz CT molecular complexity index is 764. The predicted octanol–water partition coefficient (Wildman–Crippen LogP) is 2.33. The van der Waals surface area contributed by atoms with E-state index < -0.39 is 0 Å². The Kier molecular flexibility index (Phi) is 2.53. The van der Waals surface area contributed by atoms with Crippen LogP contribution in [0.5, 0.6) is 0 Å². The average molecular weight is 285 g/mol. The van der Waals surface area contributed by atoms with Gasteiger partial charge in [-0.1, -0.05) is 5.16 Å². The predicted molar refractivity (Wildman–Crippen MR) is 75.1 cm³/mol. The summed E-state index contributed by atoms with van der Waals surface area (Å²) in [7, 11) is 0. The number of hydrogen-bond acceptors (Lipinski definition) is 7. The third-order valence-electron chi connectivity index (χ3n) is 3.35. The summed E-state index contributed by atoms with van der Waals surface area (Å²) in [6.45, 7) is 0. The minimum absolute atomic E-state index is 0.387. The zero-order valence-corrected chi connectivity index (χ0v) is 11.4. The van der Waals surface area contributed by atoms with Crippen molar-refractivity contribution in [2.45, 2.75) is 19.3 Å². The van der Waals surface area contributed by atoms with Crippen molar-refractivity contribution < 1.29 is 4.52 Å². The van der Waals surface area contributed by atoms with Gasteiger partial charge in [-0.05, 0) is 30.9 Å². The van der Waals surface area contributed by atoms with Crippen LogP contribution in [0.3, 0.4) is 0 Å². The molecule has 100 valence electrons. The summed E-state index contributed by atoms with van der Waals surface area (Å²) in [6.07, 6.45) is 6.58. The van der Waals surface area contributed by atoms with Crippen LogP contribution in [0, 0.1) is 0 Å². The van der Waals surface area contributed by atoms with Crippen molar-refractivity contribution in [3.63, 3.8) is 0 Å². The molecule has 1 aliphatic rings. The monoisotopic (exact) mass is 285 g/mol. The van der Waals surface area contributed by atoms with E-state index in [2.05, 4.69) is 20.1 Å². The summed E-state index contributed by atoms with van der Waals surface area (Å²) in [6, 6.07) is 1.74. The highest BCUT2D eigenvalue weighted by Gasteiger charge is 2.25. The molecule has 0 atom stereocenters. The number of aryl methyl sites for hydroxylation is 1. The maximum Gasteiger partial charge on any atom is 0.261 e. The fourth-order valence-electron chi connectivity index (χ4n) is 2.49. The van der Waals surface area contributed by atoms with Crippen LogP contribution in [-0.2, 0) is 12.8 Å². The topological polar surface area (TPSA) is 90.7 Å². The fraction of sp³-hybridized carbons (Fsp3) is 0.231. The molecule has 3 aromatic rings. The Labute approximate surface area is 118 Å². The van der Waals surface area contributed by atoms with Gasteiger partial charge in [-0.2, -0.15) is 4.98 Å². The van der Waals surface area contributed by atoms with Crippen molar-refractivity contribution in [3.05, 3.63) is 28.9 Å². The van der Waals surface area contributed by atoms with Crippen molar-refractivity contribution >= 4 is 16.3 Å². The van der Waals surface area contributed by atoms with Gasteiger partial charge in [-0.15, -0.1) is 11.3 Å². The van der Waals surface area contributed by atoms with Gasteiger partial charge in [-0.3, -0.25) is 0 Å². The van der Waals surface area contributed by atoms with Gasteiger partial charge in [0, 0.05) is 17.3 Å². The van der Waals surface area contributed by atoms with Gasteiger partial charge in [0.05, 0.1) is 10.6 Å². The summed E-state index contributed by atoms with van der Waals surface area (Å²) in [4.78, 5) is 14.0. The van der Waals surface area contributed by atoms with Crippen LogP contribution < -0.4 is 5.73 Å². The van der Waals surface area contributed by atoms with E-state index >= 15 is 0 Å². The van der Waals surface area contributed by atoms with Crippen molar-refractivity contribution in [2.75, 3.05) is 5.73 Å². The molecule has 0 fully saturated rings. The molecule has 0 aromatic carbocycles. The number of rotatable bonds is 2. The lowest BCUT2D eigenvalue weighted by molar-refractivity contribution is 0.432. The zero-order valence-electron chi connectivity index (χ0n) is 10.5. The quantitative estimate of drug-likeness (QED) is 0.777. The van der Waals surface area contributed by atoms with Gasteiger partial charge in [0.25, 0.3) is 5.89 Å². The number of nitrogens with zero attached hydrogens (tertiary/aromatic N) is 4. The Hall–Kier alpha value is -2.28. The van der Waals surface area contributed by atoms with Crippen LogP contribution in [0.4, 0.5) is 5.00 Å². The first-order valence-corrected chi connectivity index (χ1v) is 7.16. The number of fused-ring (bicyclic) bond motifs is 1. The van der Waals surface area contributed by atoms with Crippen LogP contribution in [0.15, 0.2) is 23.0 Å². The summed E-state index contributed by atoms with van der Waals surface area (Å²) in [5, 5.41) is 4.70. The molecule has 0 spiro atoms. The van der Waals surface area contributed by atoms with Crippen molar-refractivity contribution in [1.29, 1.82) is 0 Å². The van der Waals surface area contributed by atoms with E-state index in [-0.39, 0.29) is 0 Å². The molecular formula is C13H11N5OS. The zero-order chi connectivity index (χ0) is 13.5. The molecular weight excluding hydrogens is 274 g/mol. The molecule has 0 amide bonds. The van der Waals surface area contributed by atoms with Gasteiger partial charge >= 0.3 is 0 Å². The molecule has 2 N–H and O–H groups in total. The van der Waals surface area contributed by atoms with E-state index in [0.717, 1.165) is 29.8 Å². The highest BCUT2D eigenvalue weighted by molar-refractivity contribution is 7.16. The molecule has 20 heavy (non-hydrogen) atoms. The molecule has 3 heterocycles. The number of aromatic nitrogens is 4. The Morgan fingerprint density at radius 2 is 2.00 bits per heavy atom. The summed E-state index contributed by atoms with van der Waals surface area (Å²) in [5.41, 5.74) is 8.25. The van der Waals surface area contributed by atoms with Crippen LogP contribution in [-0.4, -0.2) is 20.1 Å². The molecule has 0 saturated carbocycles. The summed E-state index contributed by atoms with van der Waals surface area (Å²) < 4.78 is 5.36. The van der Waals surface area contributed by atoms with Crippen LogP contribution in [0.2, 0.25) is 0 Å². The molecule has 6 nitrogen and oxygen atoms in total. The molecule has 0 radical (unpaired) electrons. The Morgan fingerprint density at radius 1 is 1.15 bits per heavy atom. The molecule has 7 heteroatoms. The first-order valence-electron chi connectivity index (χ1n) is 6.34. The highest BCUT2D eigenvalue weighted by Crippen LogP contribution is 2.42. The summed E-state index contributed by atoms with van der Waals surface area (Å²) >= 11 is 1.62. The van der Waals surface area contributed by atoms with E-state index in [4.69, 9.17) is 10.3 Å². The van der Waals surface area contributed by atoms with E-state index in [1.165, 1.54) is 10.4 Å². The molecule has 0 bridgehead atoms. The number of nitrogen functional groups attached to an aromatic ring is 1. The van der Waals surface area contributed by atoms with Gasteiger partial charge in [0.15, 0.2) is 0 Å². The van der Waals surface area contributed by atoms with Gasteiger partial charge in [0.1, 0.15) is 0 Å². The van der Waals surface area contributed by atoms with Crippen molar-refractivity contribution in [2.24, 2.45) is 0 Å². The maximum absolute atomic E-state index is 6.09. The number of hydrogen-bond donors (Lipinski definition) is 1. The van der Waals surface area contributed by atoms with Gasteiger partial charge in [-0.25, -0.2) is 9.97 Å². The first-order chi connectivity index (χ1) is 9.83. The third kappa shape index (κ3) is 1.70. The Morgan fingerprint density at radius 3 is 2.85 bits per heavy atom. The molecule has 1 aliphatic carbocycles. The van der Waals surface area contributed by atoms with Crippen molar-refractivity contribution in [3.8, 4) is 23.1 Å². The van der Waals surface area contributed by atoms with Gasteiger partial charge < -0.3 is 10.3 Å². The second kappa shape index (κ2) is 4.38. The Balaban J connectivity index is 1.80. The van der Waals surface area contributed by atoms with Crippen LogP contribution >= 0.6 is 11.3 Å². The number of thiophene rings is 1. The standard InChI is InChI=1S/C13H11N5OS/c14-10-9(7-3-1-4-8(7)20-10)13-17-12(18-19-13)11-15-5-2-6-16-11/h2,5-6H,1,3-4,14H2. The number of anilines is 1. The normalized spacial score (nSPS) is 13.6. The lowest BCUT2D eigenvalue weighted by atomic mass is 10.1. The van der Waals surface area contributed by atoms with Crippen LogP contribution in [0.25, 0.3) is 23.1 Å². The second-order valence-electron chi connectivity index (χ2n) is 4.59. The van der Waals surface area contributed by atoms with Gasteiger partial charge in [0.2, 0.25) is 11.6 Å². The number of nitrogens with two attached hydrogens (primary N) is 1.